The fraction of sp³-hybridized carbons (Fsp3) is 0.375. The molecule has 0 amide bonds. The molecule has 154 valence electrons. The van der Waals surface area contributed by atoms with Gasteiger partial charge in [0, 0.05) is 48.3 Å². The van der Waals surface area contributed by atoms with Crippen molar-refractivity contribution in [3.05, 3.63) is 83.2 Å². The third-order valence-corrected chi connectivity index (χ3v) is 7.48. The van der Waals surface area contributed by atoms with Gasteiger partial charge < -0.3 is 9.47 Å². The van der Waals surface area contributed by atoms with Gasteiger partial charge in [0.05, 0.1) is 11.7 Å². The molecule has 3 aromatic heterocycles. The quantitative estimate of drug-likeness (QED) is 0.591. The largest absolute Gasteiger partial charge is 0.344 e. The Hall–Kier alpha value is -2.60. The first kappa shape index (κ1) is 19.4. The number of nitrogens with zero attached hydrogens (tertiary/aromatic N) is 5. The van der Waals surface area contributed by atoms with E-state index in [0.717, 1.165) is 24.4 Å². The lowest BCUT2D eigenvalue weighted by atomic mass is 9.95. The molecule has 0 N–H and O–H groups in total. The molecule has 0 unspecified atom stereocenters. The van der Waals surface area contributed by atoms with Crippen molar-refractivity contribution in [3.8, 4) is 0 Å². The Balaban J connectivity index is 1.57. The van der Waals surface area contributed by atoms with Gasteiger partial charge in [-0.05, 0) is 61.7 Å². The summed E-state index contributed by atoms with van der Waals surface area (Å²) in [5.74, 6) is 1.12. The molecule has 6 heteroatoms. The van der Waals surface area contributed by atoms with Crippen molar-refractivity contribution in [2.24, 2.45) is 4.99 Å². The third-order valence-electron chi connectivity index (χ3n) is 6.35. The van der Waals surface area contributed by atoms with Crippen LogP contribution >= 0.6 is 11.8 Å². The number of rotatable bonds is 5. The van der Waals surface area contributed by atoms with Gasteiger partial charge in [0.2, 0.25) is 0 Å². The van der Waals surface area contributed by atoms with Crippen LogP contribution in [0.5, 0.6) is 0 Å². The lowest BCUT2D eigenvalue weighted by Gasteiger charge is -2.32. The van der Waals surface area contributed by atoms with Crippen LogP contribution in [0.25, 0.3) is 0 Å². The number of aryl methyl sites for hydroxylation is 1. The summed E-state index contributed by atoms with van der Waals surface area (Å²) < 4.78 is 2.42. The fourth-order valence-corrected chi connectivity index (χ4v) is 6.07. The topological polar surface area (TPSA) is 46.3 Å². The number of pyridine rings is 2. The molecule has 5 rings (SSSR count). The van der Waals surface area contributed by atoms with Crippen LogP contribution in [-0.2, 0) is 6.54 Å². The molecule has 1 saturated heterocycles. The number of hydrogen-bond donors (Lipinski definition) is 0. The molecule has 3 aromatic rings. The number of aliphatic imine (C=N–C) groups is 1. The Morgan fingerprint density at radius 2 is 1.93 bits per heavy atom. The van der Waals surface area contributed by atoms with Crippen molar-refractivity contribution in [1.82, 2.24) is 19.4 Å². The van der Waals surface area contributed by atoms with Gasteiger partial charge in [-0.2, -0.15) is 0 Å². The average Bonchev–Trinajstić information content (AvgIpc) is 3.43. The minimum absolute atomic E-state index is 0.0397. The molecule has 1 fully saturated rings. The Morgan fingerprint density at radius 1 is 1.10 bits per heavy atom. The van der Waals surface area contributed by atoms with Crippen LogP contribution in [0.3, 0.4) is 0 Å². The van der Waals surface area contributed by atoms with Gasteiger partial charge in [0.25, 0.3) is 0 Å². The normalized spacial score (nSPS) is 23.0. The molecule has 5 heterocycles. The smallest absolute Gasteiger partial charge is 0.160 e. The highest BCUT2D eigenvalue weighted by molar-refractivity contribution is 8.14. The standard InChI is InChI=1S/C24H27N5S/c1-4-19-15-30-24-27-22(21-7-5-6-10-26-21)23(29(19)24)20-13-16(2)28(17(20)3)14-18-8-11-25-12-9-18/h5-13,19,22-23H,4,14-15H2,1-3H3/t19-,22+,23-/m1/s1. The summed E-state index contributed by atoms with van der Waals surface area (Å²) in [4.78, 5) is 16.6. The van der Waals surface area contributed by atoms with Crippen molar-refractivity contribution in [2.75, 3.05) is 5.75 Å². The first-order chi connectivity index (χ1) is 14.7. The van der Waals surface area contributed by atoms with Crippen LogP contribution < -0.4 is 0 Å². The van der Waals surface area contributed by atoms with Gasteiger partial charge in [-0.15, -0.1) is 0 Å². The monoisotopic (exact) mass is 417 g/mol. The van der Waals surface area contributed by atoms with Crippen LogP contribution in [-0.4, -0.2) is 36.4 Å². The fourth-order valence-electron chi connectivity index (χ4n) is 4.73. The first-order valence-corrected chi connectivity index (χ1v) is 11.6. The lowest BCUT2D eigenvalue weighted by molar-refractivity contribution is 0.254. The molecule has 0 radical (unpaired) electrons. The number of aromatic nitrogens is 3. The number of thioether (sulfide) groups is 1. The van der Waals surface area contributed by atoms with E-state index in [1.54, 1.807) is 0 Å². The van der Waals surface area contributed by atoms with E-state index < -0.39 is 0 Å². The molecule has 0 aliphatic carbocycles. The molecular formula is C24H27N5S. The van der Waals surface area contributed by atoms with E-state index >= 15 is 0 Å². The van der Waals surface area contributed by atoms with Crippen molar-refractivity contribution in [2.45, 2.75) is 51.9 Å². The maximum atomic E-state index is 5.17. The summed E-state index contributed by atoms with van der Waals surface area (Å²) in [5, 5.41) is 1.18. The molecule has 0 bridgehead atoms. The summed E-state index contributed by atoms with van der Waals surface area (Å²) in [7, 11) is 0. The van der Waals surface area contributed by atoms with Gasteiger partial charge in [-0.1, -0.05) is 24.8 Å². The molecular weight excluding hydrogens is 390 g/mol. The maximum absolute atomic E-state index is 5.17. The summed E-state index contributed by atoms with van der Waals surface area (Å²) in [6, 6.07) is 13.5. The molecule has 0 aromatic carbocycles. The SMILES string of the molecule is CC[C@@H]1CSC2=N[C@@H](c3ccccn3)[C@@H](c3cc(C)n(Cc4ccncc4)c3C)N21. The second-order valence-corrected chi connectivity index (χ2v) is 9.09. The van der Waals surface area contributed by atoms with Crippen molar-refractivity contribution in [1.29, 1.82) is 0 Å². The highest BCUT2D eigenvalue weighted by Gasteiger charge is 2.46. The third kappa shape index (κ3) is 3.23. The zero-order valence-electron chi connectivity index (χ0n) is 17.7. The number of hydrogen-bond acceptors (Lipinski definition) is 5. The second-order valence-electron chi connectivity index (χ2n) is 8.10. The minimum Gasteiger partial charge on any atom is -0.344 e. The molecule has 2 aliphatic rings. The van der Waals surface area contributed by atoms with Crippen molar-refractivity contribution >= 4 is 16.9 Å². The maximum Gasteiger partial charge on any atom is 0.160 e. The van der Waals surface area contributed by atoms with Gasteiger partial charge in [0.1, 0.15) is 6.04 Å². The highest BCUT2D eigenvalue weighted by atomic mass is 32.2. The summed E-state index contributed by atoms with van der Waals surface area (Å²) in [6.45, 7) is 7.61. The van der Waals surface area contributed by atoms with E-state index in [2.05, 4.69) is 70.5 Å². The second kappa shape index (κ2) is 7.91. The average molecular weight is 418 g/mol. The van der Waals surface area contributed by atoms with E-state index in [0.29, 0.717) is 6.04 Å². The molecule has 5 nitrogen and oxygen atoms in total. The summed E-state index contributed by atoms with van der Waals surface area (Å²) in [6.07, 6.45) is 6.75. The van der Waals surface area contributed by atoms with Gasteiger partial charge >= 0.3 is 0 Å². The number of amidine groups is 1. The summed E-state index contributed by atoms with van der Waals surface area (Å²) in [5.41, 5.74) is 6.30. The lowest BCUT2D eigenvalue weighted by Crippen LogP contribution is -2.35. The Morgan fingerprint density at radius 3 is 2.67 bits per heavy atom. The molecule has 0 saturated carbocycles. The minimum atomic E-state index is 0.0397. The van der Waals surface area contributed by atoms with Gasteiger partial charge in [-0.3, -0.25) is 15.0 Å². The van der Waals surface area contributed by atoms with Crippen LogP contribution in [0.4, 0.5) is 0 Å². The predicted octanol–water partition coefficient (Wildman–Crippen LogP) is 4.92. The zero-order chi connectivity index (χ0) is 20.7. The van der Waals surface area contributed by atoms with Crippen LogP contribution in [0.1, 0.15) is 53.6 Å². The van der Waals surface area contributed by atoms with Crippen LogP contribution in [0.2, 0.25) is 0 Å². The zero-order valence-corrected chi connectivity index (χ0v) is 18.5. The van der Waals surface area contributed by atoms with Crippen LogP contribution in [0, 0.1) is 13.8 Å². The Bertz CT molecular complexity index is 1060. The van der Waals surface area contributed by atoms with Crippen molar-refractivity contribution < 1.29 is 0 Å². The van der Waals surface area contributed by atoms with Crippen LogP contribution in [0.15, 0.2) is 60.0 Å². The predicted molar refractivity (Wildman–Crippen MR) is 123 cm³/mol. The molecule has 3 atom stereocenters. The van der Waals surface area contributed by atoms with Gasteiger partial charge in [-0.25, -0.2) is 0 Å². The van der Waals surface area contributed by atoms with E-state index in [-0.39, 0.29) is 12.1 Å². The first-order valence-electron chi connectivity index (χ1n) is 10.6. The van der Waals surface area contributed by atoms with Crippen molar-refractivity contribution in [3.63, 3.8) is 0 Å². The van der Waals surface area contributed by atoms with E-state index in [9.17, 15) is 0 Å². The number of fused-ring (bicyclic) bond motifs is 1. The highest BCUT2D eigenvalue weighted by Crippen LogP contribution is 2.49. The molecule has 2 aliphatic heterocycles. The van der Waals surface area contributed by atoms with E-state index in [1.807, 2.05) is 36.4 Å². The Kier molecular flexibility index (Phi) is 5.11. The Labute approximate surface area is 182 Å². The molecule has 30 heavy (non-hydrogen) atoms. The van der Waals surface area contributed by atoms with E-state index in [1.165, 1.54) is 27.7 Å². The summed E-state index contributed by atoms with van der Waals surface area (Å²) >= 11 is 1.90. The molecule has 0 spiro atoms. The van der Waals surface area contributed by atoms with Gasteiger partial charge in [0.15, 0.2) is 5.17 Å². The van der Waals surface area contributed by atoms with E-state index in [4.69, 9.17) is 4.99 Å².